The minimum atomic E-state index is -4.88. The Balaban J connectivity index is 0.000000235. The second-order valence-corrected chi connectivity index (χ2v) is 14.9. The van der Waals surface area contributed by atoms with E-state index in [9.17, 15) is 63.9 Å². The van der Waals surface area contributed by atoms with E-state index in [1.807, 2.05) is 0 Å². The molecule has 6 amide bonds. The van der Waals surface area contributed by atoms with Gasteiger partial charge in [-0.15, -0.1) is 0 Å². The van der Waals surface area contributed by atoms with Gasteiger partial charge in [-0.05, 0) is 107 Å². The van der Waals surface area contributed by atoms with Crippen molar-refractivity contribution in [1.29, 1.82) is 5.26 Å². The number of rotatable bonds is 7. The van der Waals surface area contributed by atoms with Gasteiger partial charge >= 0.3 is 30.4 Å². The van der Waals surface area contributed by atoms with E-state index < -0.39 is 92.9 Å². The van der Waals surface area contributed by atoms with E-state index >= 15 is 0 Å². The predicted molar refractivity (Wildman–Crippen MR) is 206 cm³/mol. The lowest BCUT2D eigenvalue weighted by atomic mass is 10.0. The van der Waals surface area contributed by atoms with Crippen LogP contribution in [0, 0.1) is 29.9 Å². The number of imide groups is 2. The molecule has 0 saturated carbocycles. The molecule has 0 atom stereocenters. The van der Waals surface area contributed by atoms with Gasteiger partial charge in [-0.1, -0.05) is 13.0 Å². The van der Waals surface area contributed by atoms with Gasteiger partial charge in [-0.3, -0.25) is 24.2 Å². The van der Waals surface area contributed by atoms with E-state index in [0.29, 0.717) is 21.9 Å². The van der Waals surface area contributed by atoms with E-state index in [4.69, 9.17) is 10.4 Å². The van der Waals surface area contributed by atoms with Crippen LogP contribution in [0.4, 0.5) is 67.5 Å². The van der Waals surface area contributed by atoms with Gasteiger partial charge in [0.25, 0.3) is 11.8 Å². The SMILES string of the molecule is CCC(=O)c1ccc(N2C(=O)N(c3ccc(C#N)c(C(F)(F)F)c3)C(=O)C2(C)C)cc1F.Cc1ccc(N2C(=O)N(c3ccc(C(=O)O)c(F)c3)C(C)(C)C2=O)cc1C(F)(F)F. The molecule has 0 aromatic heterocycles. The molecule has 1 N–H and O–H groups in total. The summed E-state index contributed by atoms with van der Waals surface area (Å²) >= 11 is 0. The predicted octanol–water partition coefficient (Wildman–Crippen LogP) is 9.66. The first kappa shape index (κ1) is 45.9. The van der Waals surface area contributed by atoms with Gasteiger partial charge in [0.05, 0.1) is 45.3 Å². The molecule has 4 aromatic carbocycles. The number of amides is 6. The zero-order valence-electron chi connectivity index (χ0n) is 33.3. The van der Waals surface area contributed by atoms with Crippen LogP contribution < -0.4 is 19.6 Å². The van der Waals surface area contributed by atoms with Crippen molar-refractivity contribution in [3.63, 3.8) is 0 Å². The van der Waals surface area contributed by atoms with Crippen LogP contribution in [0.2, 0.25) is 0 Å². The highest BCUT2D eigenvalue weighted by molar-refractivity contribution is 6.31. The maximum absolute atomic E-state index is 14.5. The second kappa shape index (κ2) is 16.0. The Kier molecular flexibility index (Phi) is 11.9. The molecule has 0 unspecified atom stereocenters. The normalized spacial score (nSPS) is 16.1. The molecule has 2 fully saturated rings. The summed E-state index contributed by atoms with van der Waals surface area (Å²) in [6.45, 7) is 8.26. The Hall–Kier alpha value is -7.17. The average Bonchev–Trinajstić information content (AvgIpc) is 3.47. The fourth-order valence-corrected chi connectivity index (χ4v) is 6.85. The number of hydrogen-bond donors (Lipinski definition) is 1. The number of anilines is 4. The third kappa shape index (κ3) is 8.04. The summed E-state index contributed by atoms with van der Waals surface area (Å²) in [5, 5.41) is 17.9. The van der Waals surface area contributed by atoms with Crippen LogP contribution in [-0.2, 0) is 21.9 Å². The van der Waals surface area contributed by atoms with Crippen LogP contribution in [0.25, 0.3) is 0 Å². The molecule has 2 aliphatic heterocycles. The molecule has 0 aliphatic carbocycles. The molecular formula is C42H33F8N5O7. The Labute approximate surface area is 347 Å². The van der Waals surface area contributed by atoms with Gasteiger partial charge in [0.1, 0.15) is 22.7 Å². The first-order valence-corrected chi connectivity index (χ1v) is 18.1. The number of carbonyl (C=O) groups excluding carboxylic acids is 5. The summed E-state index contributed by atoms with van der Waals surface area (Å²) in [7, 11) is 0. The fraction of sp³-hybridized carbons (Fsp3) is 0.262. The quantitative estimate of drug-likeness (QED) is 0.109. The van der Waals surface area contributed by atoms with Crippen molar-refractivity contribution in [1.82, 2.24) is 0 Å². The van der Waals surface area contributed by atoms with Crippen LogP contribution in [-0.4, -0.2) is 51.8 Å². The monoisotopic (exact) mass is 871 g/mol. The lowest BCUT2D eigenvalue weighted by molar-refractivity contribution is -0.138. The molecule has 4 aromatic rings. The van der Waals surface area contributed by atoms with Crippen molar-refractivity contribution in [2.45, 2.75) is 71.4 Å². The van der Waals surface area contributed by atoms with Gasteiger partial charge in [-0.2, -0.15) is 31.6 Å². The van der Waals surface area contributed by atoms with Gasteiger partial charge in [0.15, 0.2) is 5.78 Å². The summed E-state index contributed by atoms with van der Waals surface area (Å²) in [6, 6.07) is 11.3. The number of urea groups is 2. The molecule has 12 nitrogen and oxygen atoms in total. The average molecular weight is 872 g/mol. The molecule has 2 saturated heterocycles. The third-order valence-corrected chi connectivity index (χ3v) is 10.1. The number of halogens is 8. The zero-order chi connectivity index (χ0) is 46.6. The largest absolute Gasteiger partial charge is 0.478 e. The Morgan fingerprint density at radius 3 is 1.44 bits per heavy atom. The molecule has 2 heterocycles. The molecule has 0 radical (unpaired) electrons. The number of alkyl halides is 6. The number of carboxylic acid groups (broad SMARTS) is 1. The van der Waals surface area contributed by atoms with Crippen LogP contribution in [0.15, 0.2) is 72.8 Å². The van der Waals surface area contributed by atoms with Crippen LogP contribution in [0.1, 0.15) is 84.0 Å². The van der Waals surface area contributed by atoms with Crippen molar-refractivity contribution in [2.24, 2.45) is 0 Å². The number of carboxylic acids is 1. The van der Waals surface area contributed by atoms with Crippen LogP contribution >= 0.6 is 0 Å². The van der Waals surface area contributed by atoms with Crippen molar-refractivity contribution in [3.05, 3.63) is 118 Å². The molecule has 324 valence electrons. The Bertz CT molecular complexity index is 2620. The smallest absolute Gasteiger partial charge is 0.417 e. The van der Waals surface area contributed by atoms with Crippen molar-refractivity contribution in [2.75, 3.05) is 19.6 Å². The number of benzene rings is 4. The number of hydrogen-bond acceptors (Lipinski definition) is 7. The lowest BCUT2D eigenvalue weighted by Crippen LogP contribution is -2.44. The number of aromatic carboxylic acids is 1. The van der Waals surface area contributed by atoms with E-state index in [-0.39, 0.29) is 40.3 Å². The minimum absolute atomic E-state index is 0.0364. The summed E-state index contributed by atoms with van der Waals surface area (Å²) in [5.41, 5.74) is -7.73. The summed E-state index contributed by atoms with van der Waals surface area (Å²) in [6.07, 6.45) is -9.50. The molecular weight excluding hydrogens is 838 g/mol. The van der Waals surface area contributed by atoms with Crippen molar-refractivity contribution < 1.29 is 69.0 Å². The molecule has 0 spiro atoms. The zero-order valence-corrected chi connectivity index (χ0v) is 33.3. The number of ketones is 1. The molecule has 0 bridgehead atoms. The minimum Gasteiger partial charge on any atom is -0.478 e. The van der Waals surface area contributed by atoms with Gasteiger partial charge in [-0.25, -0.2) is 33.0 Å². The number of nitriles is 1. The van der Waals surface area contributed by atoms with E-state index in [0.717, 1.165) is 52.3 Å². The highest BCUT2D eigenvalue weighted by atomic mass is 19.4. The summed E-state index contributed by atoms with van der Waals surface area (Å²) in [5.74, 6) is -5.62. The molecule has 2 aliphatic rings. The van der Waals surface area contributed by atoms with Gasteiger partial charge in [0, 0.05) is 17.8 Å². The highest BCUT2D eigenvalue weighted by Crippen LogP contribution is 2.42. The third-order valence-electron chi connectivity index (χ3n) is 10.1. The van der Waals surface area contributed by atoms with Crippen molar-refractivity contribution >= 4 is 58.4 Å². The fourth-order valence-electron chi connectivity index (χ4n) is 6.85. The summed E-state index contributed by atoms with van der Waals surface area (Å²) in [4.78, 5) is 77.9. The second-order valence-electron chi connectivity index (χ2n) is 14.9. The van der Waals surface area contributed by atoms with Gasteiger partial charge in [0.2, 0.25) is 0 Å². The Morgan fingerprint density at radius 1 is 0.645 bits per heavy atom. The van der Waals surface area contributed by atoms with E-state index in [1.165, 1.54) is 58.9 Å². The standard InChI is InChI=1S/C22H17F4N3O3.C20H16F4N2O4/c1-4-18(30)15-8-7-14(10-17(15)23)29-20(32)28(19(31)21(29,2)3)13-6-5-12(11-27)16(9-13)22(24,25)26;1-10-4-5-11(8-14(10)20(22,23)24)25-17(29)19(2,3)26(18(25)30)12-6-7-13(16(27)28)15(21)9-12/h5-10H,4H2,1-3H3;4-9H,1-3H3,(H,27,28). The highest BCUT2D eigenvalue weighted by Gasteiger charge is 2.54. The number of carbonyl (C=O) groups is 6. The number of nitrogens with zero attached hydrogens (tertiary/aromatic N) is 5. The van der Waals surface area contributed by atoms with Gasteiger partial charge < -0.3 is 5.11 Å². The summed E-state index contributed by atoms with van der Waals surface area (Å²) < 4.78 is 108. The topological polar surface area (TPSA) is 159 Å². The number of aryl methyl sites for hydroxylation is 1. The molecule has 6 rings (SSSR count). The number of Topliss-reactive ketones (excluding diaryl/α,β-unsaturated/α-hetero) is 1. The van der Waals surface area contributed by atoms with E-state index in [2.05, 4.69) is 0 Å². The maximum atomic E-state index is 14.5. The lowest BCUT2D eigenvalue weighted by Gasteiger charge is -2.27. The van der Waals surface area contributed by atoms with Crippen LogP contribution in [0.3, 0.4) is 0 Å². The first-order valence-electron chi connectivity index (χ1n) is 18.1. The first-order chi connectivity index (χ1) is 28.6. The molecule has 62 heavy (non-hydrogen) atoms. The van der Waals surface area contributed by atoms with Crippen LogP contribution in [0.5, 0.6) is 0 Å². The van der Waals surface area contributed by atoms with E-state index in [1.54, 1.807) is 6.92 Å². The molecule has 20 heteroatoms. The Morgan fingerprint density at radius 2 is 1.05 bits per heavy atom. The maximum Gasteiger partial charge on any atom is 0.417 e. The van der Waals surface area contributed by atoms with Crippen molar-refractivity contribution in [3.8, 4) is 6.07 Å².